The molecular weight excluding hydrogens is 425 g/mol. The molecule has 0 bridgehead atoms. The molecule has 0 saturated heterocycles. The van der Waals surface area contributed by atoms with Gasteiger partial charge < -0.3 is 9.88 Å². The maximum atomic E-state index is 6.43. The van der Waals surface area contributed by atoms with E-state index in [0.717, 1.165) is 18.7 Å². The summed E-state index contributed by atoms with van der Waals surface area (Å²) >= 11 is 12.5. The fourth-order valence-corrected chi connectivity index (χ4v) is 4.05. The minimum Gasteiger partial charge on any atom is -0.340 e. The van der Waals surface area contributed by atoms with Crippen LogP contribution in [0.3, 0.4) is 0 Å². The van der Waals surface area contributed by atoms with Gasteiger partial charge in [0.1, 0.15) is 0 Å². The van der Waals surface area contributed by atoms with Crippen LogP contribution in [0.4, 0.5) is 0 Å². The number of para-hydroxylation sites is 1. The maximum Gasteiger partial charge on any atom is 0.0493 e. The predicted octanol–water partition coefficient (Wildman–Crippen LogP) is 6.41. The minimum atomic E-state index is 0. The molecule has 1 N–H and O–H groups in total. The third-order valence-corrected chi connectivity index (χ3v) is 5.65. The molecule has 0 spiro atoms. The van der Waals surface area contributed by atoms with Crippen LogP contribution in [0.1, 0.15) is 22.4 Å². The van der Waals surface area contributed by atoms with Gasteiger partial charge in [-0.1, -0.05) is 53.5 Å². The number of rotatable bonds is 6. The van der Waals surface area contributed by atoms with Crippen LogP contribution in [0.2, 0.25) is 10.0 Å². The highest BCUT2D eigenvalue weighted by atomic mass is 35.5. The third-order valence-electron chi connectivity index (χ3n) is 5.06. The van der Waals surface area contributed by atoms with E-state index in [1.807, 2.05) is 24.4 Å². The van der Waals surface area contributed by atoms with E-state index in [0.29, 0.717) is 16.6 Å². The Balaban J connectivity index is 0.00000240. The van der Waals surface area contributed by atoms with E-state index in [1.54, 1.807) is 12.3 Å². The van der Waals surface area contributed by atoms with Crippen molar-refractivity contribution < 1.29 is 0 Å². The Morgan fingerprint density at radius 3 is 2.59 bits per heavy atom. The largest absolute Gasteiger partial charge is 0.340 e. The Labute approximate surface area is 187 Å². The summed E-state index contributed by atoms with van der Waals surface area (Å²) in [6.07, 6.45) is 3.69. The number of hydrogen-bond donors (Lipinski definition) is 1. The van der Waals surface area contributed by atoms with Crippen LogP contribution < -0.4 is 5.32 Å². The molecule has 0 aliphatic rings. The van der Waals surface area contributed by atoms with Crippen molar-refractivity contribution in [1.82, 2.24) is 14.9 Å². The number of nitrogens with one attached hydrogen (secondary N) is 1. The van der Waals surface area contributed by atoms with E-state index >= 15 is 0 Å². The summed E-state index contributed by atoms with van der Waals surface area (Å²) < 4.78 is 2.32. The summed E-state index contributed by atoms with van der Waals surface area (Å²) in [5.74, 6) is 0. The van der Waals surface area contributed by atoms with Gasteiger partial charge >= 0.3 is 0 Å². The Kier molecular flexibility index (Phi) is 7.20. The van der Waals surface area contributed by atoms with Gasteiger partial charge in [0, 0.05) is 58.7 Å². The summed E-state index contributed by atoms with van der Waals surface area (Å²) in [5.41, 5.74) is 6.00. The van der Waals surface area contributed by atoms with Crippen molar-refractivity contribution in [2.45, 2.75) is 26.6 Å². The van der Waals surface area contributed by atoms with Crippen molar-refractivity contribution in [3.05, 3.63) is 99.4 Å². The number of halogens is 3. The van der Waals surface area contributed by atoms with Crippen molar-refractivity contribution in [2.24, 2.45) is 0 Å². The van der Waals surface area contributed by atoms with Crippen molar-refractivity contribution in [2.75, 3.05) is 0 Å². The normalized spacial score (nSPS) is 10.9. The van der Waals surface area contributed by atoms with Gasteiger partial charge in [-0.3, -0.25) is 4.98 Å². The van der Waals surface area contributed by atoms with Crippen molar-refractivity contribution in [1.29, 1.82) is 0 Å². The molecule has 4 rings (SSSR count). The number of nitrogens with zero attached hydrogens (tertiary/aromatic N) is 2. The average Bonchev–Trinajstić information content (AvgIpc) is 2.97. The van der Waals surface area contributed by atoms with Gasteiger partial charge in [0.05, 0.1) is 0 Å². The lowest BCUT2D eigenvalue weighted by atomic mass is 10.1. The standard InChI is InChI=1S/C23H21Cl2N3.ClH/c1-16-21(14-27-13-17-5-4-10-26-12-17)20-6-2-3-7-23(20)28(16)15-18-8-9-19(24)11-22(18)25;/h2-12,27H,13-15H2,1H3;1H. The first-order valence-corrected chi connectivity index (χ1v) is 9.99. The Hall–Kier alpha value is -2.04. The fourth-order valence-electron chi connectivity index (χ4n) is 3.58. The number of fused-ring (bicyclic) bond motifs is 1. The molecule has 3 nitrogen and oxygen atoms in total. The second kappa shape index (κ2) is 9.64. The van der Waals surface area contributed by atoms with Crippen LogP contribution in [-0.4, -0.2) is 9.55 Å². The molecule has 150 valence electrons. The smallest absolute Gasteiger partial charge is 0.0493 e. The Bertz CT molecular complexity index is 1110. The number of aromatic nitrogens is 2. The van der Waals surface area contributed by atoms with Crippen LogP contribution in [-0.2, 0) is 19.6 Å². The molecule has 0 fully saturated rings. The SMILES string of the molecule is Cc1c(CNCc2cccnc2)c2ccccc2n1Cc1ccc(Cl)cc1Cl.Cl. The molecule has 4 aromatic rings. The number of hydrogen-bond acceptors (Lipinski definition) is 2. The lowest BCUT2D eigenvalue weighted by molar-refractivity contribution is 0.684. The Morgan fingerprint density at radius 1 is 1.00 bits per heavy atom. The predicted molar refractivity (Wildman–Crippen MR) is 124 cm³/mol. The van der Waals surface area contributed by atoms with E-state index < -0.39 is 0 Å². The van der Waals surface area contributed by atoms with E-state index in [1.165, 1.54) is 27.7 Å². The first-order valence-electron chi connectivity index (χ1n) is 9.23. The third kappa shape index (κ3) is 4.76. The molecule has 0 atom stereocenters. The van der Waals surface area contributed by atoms with Gasteiger partial charge in [0.15, 0.2) is 0 Å². The molecule has 29 heavy (non-hydrogen) atoms. The summed E-state index contributed by atoms with van der Waals surface area (Å²) in [5, 5.41) is 6.17. The van der Waals surface area contributed by atoms with E-state index in [4.69, 9.17) is 23.2 Å². The molecule has 0 radical (unpaired) electrons. The van der Waals surface area contributed by atoms with Gasteiger partial charge in [-0.05, 0) is 47.9 Å². The van der Waals surface area contributed by atoms with Crippen LogP contribution in [0.15, 0.2) is 67.0 Å². The van der Waals surface area contributed by atoms with Crippen LogP contribution in [0.5, 0.6) is 0 Å². The maximum absolute atomic E-state index is 6.43. The van der Waals surface area contributed by atoms with Crippen molar-refractivity contribution in [3.8, 4) is 0 Å². The second-order valence-corrected chi connectivity index (χ2v) is 7.71. The minimum absolute atomic E-state index is 0. The van der Waals surface area contributed by atoms with Crippen LogP contribution >= 0.6 is 35.6 Å². The molecule has 2 aromatic carbocycles. The van der Waals surface area contributed by atoms with Gasteiger partial charge in [-0.2, -0.15) is 0 Å². The lowest BCUT2D eigenvalue weighted by Crippen LogP contribution is -2.13. The van der Waals surface area contributed by atoms with E-state index in [-0.39, 0.29) is 12.4 Å². The summed E-state index contributed by atoms with van der Waals surface area (Å²) in [4.78, 5) is 4.18. The molecule has 6 heteroatoms. The van der Waals surface area contributed by atoms with Gasteiger partial charge in [0.2, 0.25) is 0 Å². The molecule has 0 aliphatic carbocycles. The first kappa shape index (κ1) is 21.7. The first-order chi connectivity index (χ1) is 13.6. The molecule has 0 amide bonds. The van der Waals surface area contributed by atoms with Crippen molar-refractivity contribution >= 4 is 46.5 Å². The average molecular weight is 447 g/mol. The zero-order valence-corrected chi connectivity index (χ0v) is 18.4. The van der Waals surface area contributed by atoms with E-state index in [2.05, 4.69) is 52.1 Å². The fraction of sp³-hybridized carbons (Fsp3) is 0.174. The highest BCUT2D eigenvalue weighted by Gasteiger charge is 2.14. The summed E-state index contributed by atoms with van der Waals surface area (Å²) in [7, 11) is 0. The van der Waals surface area contributed by atoms with E-state index in [9.17, 15) is 0 Å². The van der Waals surface area contributed by atoms with Crippen molar-refractivity contribution in [3.63, 3.8) is 0 Å². The zero-order chi connectivity index (χ0) is 19.5. The monoisotopic (exact) mass is 445 g/mol. The highest BCUT2D eigenvalue weighted by Crippen LogP contribution is 2.29. The summed E-state index contributed by atoms with van der Waals surface area (Å²) in [6, 6.07) is 18.2. The second-order valence-electron chi connectivity index (χ2n) is 6.87. The Morgan fingerprint density at radius 2 is 1.83 bits per heavy atom. The zero-order valence-electron chi connectivity index (χ0n) is 16.0. The number of benzene rings is 2. The lowest BCUT2D eigenvalue weighted by Gasteiger charge is -2.11. The topological polar surface area (TPSA) is 29.9 Å². The molecule has 2 aromatic heterocycles. The van der Waals surface area contributed by atoms with Gasteiger partial charge in [-0.25, -0.2) is 0 Å². The number of pyridine rings is 1. The van der Waals surface area contributed by atoms with Gasteiger partial charge in [0.25, 0.3) is 0 Å². The molecule has 0 unspecified atom stereocenters. The van der Waals surface area contributed by atoms with Crippen LogP contribution in [0.25, 0.3) is 10.9 Å². The highest BCUT2D eigenvalue weighted by molar-refractivity contribution is 6.35. The molecular formula is C23H22Cl3N3. The summed E-state index contributed by atoms with van der Waals surface area (Å²) in [6.45, 7) is 4.47. The van der Waals surface area contributed by atoms with Gasteiger partial charge in [-0.15, -0.1) is 12.4 Å². The quantitative estimate of drug-likeness (QED) is 0.371. The molecule has 2 heterocycles. The van der Waals surface area contributed by atoms with Crippen LogP contribution in [0, 0.1) is 6.92 Å². The molecule has 0 aliphatic heterocycles. The molecule has 0 saturated carbocycles.